The zero-order valence-corrected chi connectivity index (χ0v) is 16.4. The van der Waals surface area contributed by atoms with E-state index in [-0.39, 0.29) is 17.0 Å². The van der Waals surface area contributed by atoms with Gasteiger partial charge in [0.25, 0.3) is 5.91 Å². The summed E-state index contributed by atoms with van der Waals surface area (Å²) in [5.41, 5.74) is 0.332. The zero-order chi connectivity index (χ0) is 21.0. The lowest BCUT2D eigenvalue weighted by Crippen LogP contribution is -2.24. The normalized spacial score (nSPS) is 11.2. The molecule has 0 aliphatic rings. The van der Waals surface area contributed by atoms with Crippen molar-refractivity contribution in [3.05, 3.63) is 77.1 Å². The number of pyridine rings is 1. The molecule has 3 rings (SSSR count). The summed E-state index contributed by atoms with van der Waals surface area (Å²) in [6, 6.07) is 10.6. The Bertz CT molecular complexity index is 1230. The van der Waals surface area contributed by atoms with Crippen molar-refractivity contribution < 1.29 is 17.9 Å². The summed E-state index contributed by atoms with van der Waals surface area (Å²) in [5, 5.41) is 2.92. The summed E-state index contributed by atoms with van der Waals surface area (Å²) >= 11 is 0. The molecule has 29 heavy (non-hydrogen) atoms. The molecule has 0 aliphatic carbocycles. The Morgan fingerprint density at radius 2 is 1.93 bits per heavy atom. The van der Waals surface area contributed by atoms with Gasteiger partial charge in [-0.15, -0.1) is 6.58 Å². The van der Waals surface area contributed by atoms with Crippen LogP contribution < -0.4 is 20.2 Å². The first kappa shape index (κ1) is 20.3. The average molecular weight is 413 g/mol. The molecule has 1 aromatic heterocycles. The monoisotopic (exact) mass is 413 g/mol. The van der Waals surface area contributed by atoms with Crippen LogP contribution in [0.3, 0.4) is 0 Å². The average Bonchev–Trinajstić information content (AvgIpc) is 2.72. The number of fused-ring (bicyclic) bond motifs is 1. The van der Waals surface area contributed by atoms with Gasteiger partial charge in [0.15, 0.2) is 0 Å². The fraction of sp³-hybridized carbons (Fsp3) is 0.100. The van der Waals surface area contributed by atoms with Crippen molar-refractivity contribution in [1.82, 2.24) is 9.71 Å². The second-order valence-corrected chi connectivity index (χ2v) is 7.80. The van der Waals surface area contributed by atoms with Crippen LogP contribution in [0.25, 0.3) is 10.9 Å². The second kappa shape index (κ2) is 8.29. The Kier molecular flexibility index (Phi) is 5.81. The number of amides is 1. The first-order chi connectivity index (χ1) is 13.9. The van der Waals surface area contributed by atoms with Crippen LogP contribution in [-0.2, 0) is 10.0 Å². The van der Waals surface area contributed by atoms with Gasteiger partial charge in [0.2, 0.25) is 15.5 Å². The van der Waals surface area contributed by atoms with E-state index in [9.17, 15) is 18.0 Å². The van der Waals surface area contributed by atoms with Gasteiger partial charge in [-0.1, -0.05) is 12.1 Å². The summed E-state index contributed by atoms with van der Waals surface area (Å²) in [7, 11) is -2.17. The van der Waals surface area contributed by atoms with Gasteiger partial charge >= 0.3 is 0 Å². The molecule has 1 heterocycles. The molecule has 0 saturated heterocycles. The topological polar surface area (TPSA) is 117 Å². The Hall–Kier alpha value is -3.43. The SMILES string of the molecule is C=CCNS(=O)(=O)c1ccc(NC(=O)c2c[nH]c3c(OC)cccc3c2=O)cc1. The van der Waals surface area contributed by atoms with Crippen molar-refractivity contribution in [3.8, 4) is 5.75 Å². The predicted molar refractivity (Wildman–Crippen MR) is 111 cm³/mol. The zero-order valence-electron chi connectivity index (χ0n) is 15.6. The lowest BCUT2D eigenvalue weighted by atomic mass is 10.1. The molecule has 0 bridgehead atoms. The molecule has 9 heteroatoms. The summed E-state index contributed by atoms with van der Waals surface area (Å²) in [4.78, 5) is 28.2. The van der Waals surface area contributed by atoms with Crippen LogP contribution in [0.2, 0.25) is 0 Å². The number of anilines is 1. The van der Waals surface area contributed by atoms with Crippen LogP contribution in [0, 0.1) is 0 Å². The minimum absolute atomic E-state index is 0.0491. The highest BCUT2D eigenvalue weighted by Gasteiger charge is 2.16. The number of nitrogens with one attached hydrogen (secondary N) is 3. The highest BCUT2D eigenvalue weighted by atomic mass is 32.2. The maximum absolute atomic E-state index is 12.7. The highest BCUT2D eigenvalue weighted by molar-refractivity contribution is 7.89. The highest BCUT2D eigenvalue weighted by Crippen LogP contribution is 2.21. The summed E-state index contributed by atoms with van der Waals surface area (Å²) < 4.78 is 31.7. The number of methoxy groups -OCH3 is 1. The summed E-state index contributed by atoms with van der Waals surface area (Å²) in [6.45, 7) is 3.57. The van der Waals surface area contributed by atoms with Crippen LogP contribution >= 0.6 is 0 Å². The molecule has 0 atom stereocenters. The van der Waals surface area contributed by atoms with Gasteiger partial charge in [-0.2, -0.15) is 0 Å². The van der Waals surface area contributed by atoms with Crippen molar-refractivity contribution in [2.75, 3.05) is 19.0 Å². The molecule has 0 radical (unpaired) electrons. The Morgan fingerprint density at radius 3 is 2.59 bits per heavy atom. The Balaban J connectivity index is 1.85. The van der Waals surface area contributed by atoms with Crippen molar-refractivity contribution in [3.63, 3.8) is 0 Å². The minimum atomic E-state index is -3.66. The number of carbonyl (C=O) groups excluding carboxylic acids is 1. The maximum Gasteiger partial charge on any atom is 0.261 e. The lowest BCUT2D eigenvalue weighted by Gasteiger charge is -2.09. The van der Waals surface area contributed by atoms with Gasteiger partial charge in [0, 0.05) is 18.4 Å². The molecular formula is C20H19N3O5S. The molecule has 0 saturated carbocycles. The van der Waals surface area contributed by atoms with Gasteiger partial charge in [0.05, 0.1) is 22.9 Å². The number of hydrogen-bond acceptors (Lipinski definition) is 5. The number of sulfonamides is 1. The summed E-state index contributed by atoms with van der Waals surface area (Å²) in [6.07, 6.45) is 2.75. The fourth-order valence-electron chi connectivity index (χ4n) is 2.73. The van der Waals surface area contributed by atoms with E-state index in [1.165, 1.54) is 43.6 Å². The van der Waals surface area contributed by atoms with Crippen LogP contribution in [0.1, 0.15) is 10.4 Å². The van der Waals surface area contributed by atoms with E-state index < -0.39 is 21.4 Å². The van der Waals surface area contributed by atoms with Crippen molar-refractivity contribution >= 4 is 32.5 Å². The number of rotatable bonds is 7. The van der Waals surface area contributed by atoms with Gasteiger partial charge < -0.3 is 15.0 Å². The van der Waals surface area contributed by atoms with Crippen molar-refractivity contribution in [2.24, 2.45) is 0 Å². The summed E-state index contributed by atoms with van der Waals surface area (Å²) in [5.74, 6) is -0.121. The number of H-pyrrole nitrogens is 1. The quantitative estimate of drug-likeness (QED) is 0.514. The van der Waals surface area contributed by atoms with Gasteiger partial charge in [0.1, 0.15) is 11.3 Å². The number of aromatic amines is 1. The number of aromatic nitrogens is 1. The third-order valence-electron chi connectivity index (χ3n) is 4.18. The van der Waals surface area contributed by atoms with E-state index in [1.54, 1.807) is 18.2 Å². The number of para-hydroxylation sites is 1. The van der Waals surface area contributed by atoms with E-state index in [1.807, 2.05) is 0 Å². The standard InChI is InChI=1S/C20H19N3O5S/c1-3-11-22-29(26,27)14-9-7-13(8-10-14)23-20(25)16-12-21-18-15(19(16)24)5-4-6-17(18)28-2/h3-10,12,22H,1,11H2,2H3,(H,21,24)(H,23,25). The van der Waals surface area contributed by atoms with Crippen molar-refractivity contribution in [1.29, 1.82) is 0 Å². The first-order valence-electron chi connectivity index (χ1n) is 8.57. The second-order valence-electron chi connectivity index (χ2n) is 6.03. The molecule has 150 valence electrons. The van der Waals surface area contributed by atoms with Crippen LogP contribution in [-0.4, -0.2) is 33.0 Å². The molecule has 1 amide bonds. The van der Waals surface area contributed by atoms with E-state index in [0.29, 0.717) is 22.3 Å². The van der Waals surface area contributed by atoms with Crippen LogP contribution in [0.4, 0.5) is 5.69 Å². The van der Waals surface area contributed by atoms with Gasteiger partial charge in [-0.3, -0.25) is 9.59 Å². The molecule has 8 nitrogen and oxygen atoms in total. The molecule has 0 unspecified atom stereocenters. The number of carbonyl (C=O) groups is 1. The van der Waals surface area contributed by atoms with E-state index in [2.05, 4.69) is 21.6 Å². The van der Waals surface area contributed by atoms with E-state index in [4.69, 9.17) is 4.74 Å². The fourth-order valence-corrected chi connectivity index (χ4v) is 3.73. The van der Waals surface area contributed by atoms with Gasteiger partial charge in [-0.05, 0) is 36.4 Å². The van der Waals surface area contributed by atoms with E-state index >= 15 is 0 Å². The lowest BCUT2D eigenvalue weighted by molar-refractivity contribution is 0.102. The molecule has 0 spiro atoms. The first-order valence-corrected chi connectivity index (χ1v) is 10.1. The third-order valence-corrected chi connectivity index (χ3v) is 5.62. The number of hydrogen-bond donors (Lipinski definition) is 3. The maximum atomic E-state index is 12.7. The molecule has 2 aromatic carbocycles. The van der Waals surface area contributed by atoms with Crippen molar-refractivity contribution in [2.45, 2.75) is 4.90 Å². The third kappa shape index (κ3) is 4.20. The number of ether oxygens (including phenoxy) is 1. The molecular weight excluding hydrogens is 394 g/mol. The smallest absolute Gasteiger partial charge is 0.261 e. The largest absolute Gasteiger partial charge is 0.495 e. The minimum Gasteiger partial charge on any atom is -0.495 e. The van der Waals surface area contributed by atoms with Crippen LogP contribution in [0.5, 0.6) is 5.75 Å². The Labute approximate surface area is 167 Å². The molecule has 3 aromatic rings. The Morgan fingerprint density at radius 1 is 1.21 bits per heavy atom. The molecule has 0 fully saturated rings. The molecule has 0 aliphatic heterocycles. The van der Waals surface area contributed by atoms with Crippen LogP contribution in [0.15, 0.2) is 71.0 Å². The van der Waals surface area contributed by atoms with Gasteiger partial charge in [-0.25, -0.2) is 13.1 Å². The van der Waals surface area contributed by atoms with E-state index in [0.717, 1.165) is 0 Å². The predicted octanol–water partition coefficient (Wildman–Crippen LogP) is 2.25. The number of benzene rings is 2. The molecule has 3 N–H and O–H groups in total.